The van der Waals surface area contributed by atoms with Gasteiger partial charge in [-0.1, -0.05) is 18.2 Å². The van der Waals surface area contributed by atoms with E-state index in [1.807, 2.05) is 58.0 Å². The van der Waals surface area contributed by atoms with Crippen molar-refractivity contribution in [2.75, 3.05) is 32.8 Å². The number of carbonyl (C=O) groups is 1. The fraction of sp³-hybridized carbons (Fsp3) is 0.556. The van der Waals surface area contributed by atoms with Crippen LogP contribution >= 0.6 is 24.0 Å². The number of ether oxygens (including phenoxy) is 2. The molecule has 0 aromatic heterocycles. The Hall–Kier alpha value is -1.71. The molecule has 1 aromatic carbocycles. The molecule has 0 bridgehead atoms. The van der Waals surface area contributed by atoms with Gasteiger partial charge in [0, 0.05) is 13.1 Å². The fourth-order valence-corrected chi connectivity index (χ4v) is 1.84. The van der Waals surface area contributed by atoms with Crippen LogP contribution in [0.1, 0.15) is 27.7 Å². The summed E-state index contributed by atoms with van der Waals surface area (Å²) >= 11 is 0. The number of carbonyl (C=O) groups excluding carboxylic acids is 1. The van der Waals surface area contributed by atoms with Crippen LogP contribution in [-0.2, 0) is 4.74 Å². The lowest BCUT2D eigenvalue weighted by Crippen LogP contribution is -2.40. The number of aliphatic imine (C=N–C) groups is 1. The van der Waals surface area contributed by atoms with Gasteiger partial charge in [0.05, 0.1) is 13.1 Å². The Morgan fingerprint density at radius 3 is 2.38 bits per heavy atom. The van der Waals surface area contributed by atoms with E-state index in [2.05, 4.69) is 20.9 Å². The Labute approximate surface area is 173 Å². The molecule has 0 radical (unpaired) electrons. The Kier molecular flexibility index (Phi) is 12.6. The minimum Gasteiger partial charge on any atom is -0.492 e. The largest absolute Gasteiger partial charge is 0.492 e. The number of nitrogens with one attached hydrogen (secondary N) is 3. The smallest absolute Gasteiger partial charge is 0.407 e. The molecule has 0 heterocycles. The zero-order chi connectivity index (χ0) is 18.5. The quantitative estimate of drug-likeness (QED) is 0.232. The SMILES string of the molecule is CCNC(=NCCNC(=O)OC(C)(C)C)NCCOc1ccccc1.I. The van der Waals surface area contributed by atoms with Crippen LogP contribution in [0.4, 0.5) is 4.79 Å². The average molecular weight is 478 g/mol. The third-order valence-corrected chi connectivity index (χ3v) is 2.80. The van der Waals surface area contributed by atoms with Gasteiger partial charge in [0.1, 0.15) is 18.0 Å². The zero-order valence-electron chi connectivity index (χ0n) is 16.0. The molecule has 0 saturated heterocycles. The molecule has 26 heavy (non-hydrogen) atoms. The van der Waals surface area contributed by atoms with Gasteiger partial charge < -0.3 is 25.4 Å². The number of hydrogen-bond acceptors (Lipinski definition) is 4. The highest BCUT2D eigenvalue weighted by Gasteiger charge is 2.15. The van der Waals surface area contributed by atoms with Crippen LogP contribution in [0.15, 0.2) is 35.3 Å². The van der Waals surface area contributed by atoms with Crippen molar-refractivity contribution >= 4 is 36.0 Å². The summed E-state index contributed by atoms with van der Waals surface area (Å²) in [4.78, 5) is 15.9. The van der Waals surface area contributed by atoms with E-state index >= 15 is 0 Å². The standard InChI is InChI=1S/C18H30N4O3.HI/c1-5-19-16(20-11-12-22-17(23)25-18(2,3)4)21-13-14-24-15-9-7-6-8-10-15;/h6-10H,5,11-14H2,1-4H3,(H,22,23)(H2,19,20,21);1H. The van der Waals surface area contributed by atoms with E-state index in [4.69, 9.17) is 9.47 Å². The first kappa shape index (κ1) is 24.3. The van der Waals surface area contributed by atoms with Crippen LogP contribution in [0, 0.1) is 0 Å². The molecule has 1 amide bonds. The van der Waals surface area contributed by atoms with E-state index in [0.717, 1.165) is 12.3 Å². The molecule has 1 rings (SSSR count). The lowest BCUT2D eigenvalue weighted by Gasteiger charge is -2.19. The van der Waals surface area contributed by atoms with Crippen molar-refractivity contribution in [1.29, 1.82) is 0 Å². The van der Waals surface area contributed by atoms with Crippen LogP contribution in [0.5, 0.6) is 5.75 Å². The number of benzene rings is 1. The van der Waals surface area contributed by atoms with Gasteiger partial charge in [-0.2, -0.15) is 0 Å². The minimum absolute atomic E-state index is 0. The number of guanidine groups is 1. The van der Waals surface area contributed by atoms with Gasteiger partial charge in [-0.3, -0.25) is 4.99 Å². The van der Waals surface area contributed by atoms with Crippen LogP contribution < -0.4 is 20.7 Å². The third kappa shape index (κ3) is 12.6. The lowest BCUT2D eigenvalue weighted by atomic mass is 10.2. The molecule has 0 aliphatic heterocycles. The Balaban J connectivity index is 0.00000625. The van der Waals surface area contributed by atoms with Crippen molar-refractivity contribution in [2.45, 2.75) is 33.3 Å². The van der Waals surface area contributed by atoms with E-state index in [-0.39, 0.29) is 24.0 Å². The van der Waals surface area contributed by atoms with Gasteiger partial charge in [0.25, 0.3) is 0 Å². The highest BCUT2D eigenvalue weighted by Crippen LogP contribution is 2.07. The maximum atomic E-state index is 11.5. The van der Waals surface area contributed by atoms with Gasteiger partial charge in [0.15, 0.2) is 5.96 Å². The molecule has 0 unspecified atom stereocenters. The second-order valence-corrected chi connectivity index (χ2v) is 6.28. The van der Waals surface area contributed by atoms with Crippen molar-refractivity contribution in [1.82, 2.24) is 16.0 Å². The Bertz CT molecular complexity index is 533. The molecule has 3 N–H and O–H groups in total. The molecular formula is C18H31IN4O3. The minimum atomic E-state index is -0.497. The second-order valence-electron chi connectivity index (χ2n) is 6.28. The highest BCUT2D eigenvalue weighted by molar-refractivity contribution is 14.0. The van der Waals surface area contributed by atoms with E-state index in [1.165, 1.54) is 0 Å². The molecule has 0 fully saturated rings. The molecule has 0 aliphatic rings. The number of hydrogen-bond donors (Lipinski definition) is 3. The lowest BCUT2D eigenvalue weighted by molar-refractivity contribution is 0.0529. The van der Waals surface area contributed by atoms with Crippen LogP contribution in [0.25, 0.3) is 0 Å². The topological polar surface area (TPSA) is 84.0 Å². The van der Waals surface area contributed by atoms with Crippen molar-refractivity contribution in [3.63, 3.8) is 0 Å². The van der Waals surface area contributed by atoms with Crippen molar-refractivity contribution in [3.05, 3.63) is 30.3 Å². The van der Waals surface area contributed by atoms with Crippen molar-refractivity contribution < 1.29 is 14.3 Å². The summed E-state index contributed by atoms with van der Waals surface area (Å²) < 4.78 is 10.8. The molecule has 0 aliphatic carbocycles. The van der Waals surface area contributed by atoms with Gasteiger partial charge in [0.2, 0.25) is 0 Å². The first-order valence-electron chi connectivity index (χ1n) is 8.57. The maximum absolute atomic E-state index is 11.5. The first-order valence-corrected chi connectivity index (χ1v) is 8.57. The van der Waals surface area contributed by atoms with Crippen LogP contribution in [0.2, 0.25) is 0 Å². The van der Waals surface area contributed by atoms with E-state index in [1.54, 1.807) is 0 Å². The highest BCUT2D eigenvalue weighted by atomic mass is 127. The Morgan fingerprint density at radius 1 is 1.08 bits per heavy atom. The van der Waals surface area contributed by atoms with Gasteiger partial charge in [-0.25, -0.2) is 4.79 Å². The number of rotatable bonds is 8. The Morgan fingerprint density at radius 2 is 1.77 bits per heavy atom. The van der Waals surface area contributed by atoms with E-state index < -0.39 is 11.7 Å². The van der Waals surface area contributed by atoms with Gasteiger partial charge >= 0.3 is 6.09 Å². The predicted octanol–water partition coefficient (Wildman–Crippen LogP) is 2.76. The molecule has 1 aromatic rings. The van der Waals surface area contributed by atoms with Gasteiger partial charge in [-0.15, -0.1) is 24.0 Å². The number of nitrogens with zero attached hydrogens (tertiary/aromatic N) is 1. The normalized spacial score (nSPS) is 11.2. The molecular weight excluding hydrogens is 447 g/mol. The predicted molar refractivity (Wildman–Crippen MR) is 116 cm³/mol. The molecule has 0 atom stereocenters. The molecule has 0 saturated carbocycles. The molecule has 0 spiro atoms. The molecule has 148 valence electrons. The van der Waals surface area contributed by atoms with Crippen LogP contribution in [0.3, 0.4) is 0 Å². The summed E-state index contributed by atoms with van der Waals surface area (Å²) in [5.41, 5.74) is -0.497. The van der Waals surface area contributed by atoms with E-state index in [0.29, 0.717) is 32.2 Å². The summed E-state index contributed by atoms with van der Waals surface area (Å²) in [7, 11) is 0. The third-order valence-electron chi connectivity index (χ3n) is 2.80. The number of amides is 1. The van der Waals surface area contributed by atoms with Crippen molar-refractivity contribution in [3.8, 4) is 5.75 Å². The summed E-state index contributed by atoms with van der Waals surface area (Å²) in [6, 6.07) is 9.66. The summed E-state index contributed by atoms with van der Waals surface area (Å²) in [6.07, 6.45) is -0.433. The number of alkyl carbamates (subject to hydrolysis) is 1. The van der Waals surface area contributed by atoms with Gasteiger partial charge in [-0.05, 0) is 39.8 Å². The second kappa shape index (κ2) is 13.5. The molecule has 8 heteroatoms. The average Bonchev–Trinajstić information content (AvgIpc) is 2.54. The van der Waals surface area contributed by atoms with Crippen LogP contribution in [-0.4, -0.2) is 50.4 Å². The fourth-order valence-electron chi connectivity index (χ4n) is 1.84. The summed E-state index contributed by atoms with van der Waals surface area (Å²) in [6.45, 7) is 10.3. The summed E-state index contributed by atoms with van der Waals surface area (Å²) in [5, 5.41) is 9.01. The first-order chi connectivity index (χ1) is 11.9. The number of halogens is 1. The monoisotopic (exact) mass is 478 g/mol. The zero-order valence-corrected chi connectivity index (χ0v) is 18.3. The number of para-hydroxylation sites is 1. The van der Waals surface area contributed by atoms with E-state index in [9.17, 15) is 4.79 Å². The van der Waals surface area contributed by atoms with Crippen molar-refractivity contribution in [2.24, 2.45) is 4.99 Å². The summed E-state index contributed by atoms with van der Waals surface area (Å²) in [5.74, 6) is 1.53. The molecule has 7 nitrogen and oxygen atoms in total. The maximum Gasteiger partial charge on any atom is 0.407 e.